The smallest absolute Gasteiger partial charge is 0.139 e. The van der Waals surface area contributed by atoms with Crippen molar-refractivity contribution in [2.24, 2.45) is 0 Å². The minimum Gasteiger partial charge on any atom is -0.457 e. The standard InChI is InChI=1S/C69H71N5O/c1-65(2,3)43-34-50-51-35-44(66(4,5)6)37-55(68(10,11)12)63(51)69(62(50)54(36-43)67(7,8)9)52-30-28-47(40-60(52)73-41-71(13)58-26-18-23-53(69)64(58)73)75-46-27-29-49-48-22-15-17-25-57(48)74(59(49)39-46)61-38-45(31-32-70-61)72-33-19-21-42-20-14-16-24-56(42)72/h14-18,20,22-32,34-40H,19,21,33,41H2,1-13H3. The van der Waals surface area contributed by atoms with Gasteiger partial charge in [-0.25, -0.2) is 4.98 Å². The normalized spacial score (nSPS) is 15.6. The summed E-state index contributed by atoms with van der Waals surface area (Å²) in [5.74, 6) is 2.47. The maximum atomic E-state index is 7.19. The molecule has 0 radical (unpaired) electrons. The summed E-state index contributed by atoms with van der Waals surface area (Å²) in [5.41, 5.74) is 22.5. The molecular formula is C69H71N5O. The zero-order valence-corrected chi connectivity index (χ0v) is 46.3. The SMILES string of the molecule is CN1CN2c3cc(Oc4ccc5c6ccccc6n(-c6cc(N7CCCc8ccccc87)ccn6)c5c4)ccc3C3(c4cccc1c42)c1c(cc(C(C)(C)C)cc1C(C)(C)C)-c1cc(C(C)(C)C)cc(C(C)(C)C)c13. The molecule has 0 unspecified atom stereocenters. The van der Waals surface area contributed by atoms with Gasteiger partial charge in [-0.15, -0.1) is 0 Å². The van der Waals surface area contributed by atoms with Gasteiger partial charge in [0.25, 0.3) is 0 Å². The van der Waals surface area contributed by atoms with Gasteiger partial charge in [0.2, 0.25) is 0 Å². The monoisotopic (exact) mass is 986 g/mol. The Hall–Kier alpha value is -7.31. The van der Waals surface area contributed by atoms with E-state index in [0.29, 0.717) is 0 Å². The average Bonchev–Trinajstić information content (AvgIpc) is 4.04. The molecule has 0 fully saturated rings. The van der Waals surface area contributed by atoms with Gasteiger partial charge in [0.1, 0.15) is 17.3 Å². The largest absolute Gasteiger partial charge is 0.457 e. The van der Waals surface area contributed by atoms with Crippen LogP contribution in [-0.4, -0.2) is 29.8 Å². The van der Waals surface area contributed by atoms with Crippen LogP contribution in [0.5, 0.6) is 11.5 Å². The molecule has 0 saturated carbocycles. The van der Waals surface area contributed by atoms with Crippen LogP contribution in [0.4, 0.5) is 28.4 Å². The van der Waals surface area contributed by atoms with Crippen molar-refractivity contribution >= 4 is 50.2 Å². The molecule has 5 heterocycles. The summed E-state index contributed by atoms with van der Waals surface area (Å²) in [6.07, 6.45) is 4.18. The number of rotatable bonds is 4. The van der Waals surface area contributed by atoms with Crippen LogP contribution in [0.2, 0.25) is 0 Å². The van der Waals surface area contributed by atoms with E-state index in [2.05, 4.69) is 249 Å². The van der Waals surface area contributed by atoms with Crippen LogP contribution in [0.15, 0.2) is 146 Å². The molecule has 13 rings (SSSR count). The summed E-state index contributed by atoms with van der Waals surface area (Å²) in [6.45, 7) is 30.5. The Bertz CT molecular complexity index is 3760. The molecule has 0 atom stereocenters. The van der Waals surface area contributed by atoms with Gasteiger partial charge in [0.15, 0.2) is 0 Å². The van der Waals surface area contributed by atoms with Crippen LogP contribution in [0, 0.1) is 0 Å². The maximum Gasteiger partial charge on any atom is 0.139 e. The summed E-state index contributed by atoms with van der Waals surface area (Å²) in [6, 6.07) is 52.9. The summed E-state index contributed by atoms with van der Waals surface area (Å²) >= 11 is 0. The summed E-state index contributed by atoms with van der Waals surface area (Å²) in [4.78, 5) is 12.5. The third-order valence-electron chi connectivity index (χ3n) is 17.0. The predicted molar refractivity (Wildman–Crippen MR) is 314 cm³/mol. The van der Waals surface area contributed by atoms with E-state index in [9.17, 15) is 0 Å². The van der Waals surface area contributed by atoms with E-state index >= 15 is 0 Å². The molecule has 0 amide bonds. The van der Waals surface area contributed by atoms with Crippen LogP contribution in [0.25, 0.3) is 38.8 Å². The molecule has 6 nitrogen and oxygen atoms in total. The van der Waals surface area contributed by atoms with Crippen molar-refractivity contribution in [2.75, 3.05) is 35.0 Å². The first-order valence-corrected chi connectivity index (χ1v) is 27.3. The number of aromatic nitrogens is 2. The Morgan fingerprint density at radius 3 is 1.84 bits per heavy atom. The first-order chi connectivity index (χ1) is 35.6. The molecule has 378 valence electrons. The van der Waals surface area contributed by atoms with Crippen molar-refractivity contribution in [3.05, 3.63) is 196 Å². The topological polar surface area (TPSA) is 36.8 Å². The second-order valence-corrected chi connectivity index (χ2v) is 26.2. The second-order valence-electron chi connectivity index (χ2n) is 26.2. The van der Waals surface area contributed by atoms with Crippen molar-refractivity contribution < 1.29 is 4.74 Å². The first kappa shape index (κ1) is 47.4. The molecule has 0 bridgehead atoms. The number of pyridine rings is 1. The summed E-state index contributed by atoms with van der Waals surface area (Å²) < 4.78 is 9.51. The minimum absolute atomic E-state index is 0.0540. The van der Waals surface area contributed by atoms with E-state index in [4.69, 9.17) is 9.72 Å². The van der Waals surface area contributed by atoms with E-state index in [1.807, 2.05) is 6.20 Å². The molecule has 0 saturated heterocycles. The summed E-state index contributed by atoms with van der Waals surface area (Å²) in [5, 5.41) is 2.35. The van der Waals surface area contributed by atoms with Crippen molar-refractivity contribution in [1.29, 1.82) is 0 Å². The fourth-order valence-electron chi connectivity index (χ4n) is 13.4. The van der Waals surface area contributed by atoms with E-state index in [1.165, 1.54) is 89.3 Å². The van der Waals surface area contributed by atoms with Crippen molar-refractivity contribution in [3.8, 4) is 28.4 Å². The van der Waals surface area contributed by atoms with Crippen LogP contribution in [0.3, 0.4) is 0 Å². The van der Waals surface area contributed by atoms with Gasteiger partial charge in [-0.05, 0) is 138 Å². The van der Waals surface area contributed by atoms with E-state index < -0.39 is 5.41 Å². The molecule has 1 aliphatic carbocycles. The molecule has 3 aliphatic heterocycles. The fourth-order valence-corrected chi connectivity index (χ4v) is 13.4. The van der Waals surface area contributed by atoms with Crippen LogP contribution < -0.4 is 19.4 Å². The molecule has 7 aromatic carbocycles. The number of hydrogen-bond acceptors (Lipinski definition) is 5. The van der Waals surface area contributed by atoms with Crippen LogP contribution in [-0.2, 0) is 33.5 Å². The minimum atomic E-state index is -0.624. The molecule has 4 aliphatic rings. The van der Waals surface area contributed by atoms with E-state index in [0.717, 1.165) is 65.5 Å². The fraction of sp³-hybridized carbons (Fsp3) is 0.319. The number of fused-ring (bicyclic) bond motifs is 13. The quantitative estimate of drug-likeness (QED) is 0.176. The molecule has 1 spiro atoms. The molecule has 6 heteroatoms. The number of hydrogen-bond donors (Lipinski definition) is 0. The highest BCUT2D eigenvalue weighted by Crippen LogP contribution is 2.68. The maximum absolute atomic E-state index is 7.19. The lowest BCUT2D eigenvalue weighted by atomic mass is 9.59. The van der Waals surface area contributed by atoms with Gasteiger partial charge in [0.05, 0.1) is 40.2 Å². The number of benzene rings is 7. The molecule has 2 aromatic heterocycles. The Labute approximate surface area is 444 Å². The molecular weight excluding hydrogens is 915 g/mol. The number of ether oxygens (including phenoxy) is 1. The zero-order valence-electron chi connectivity index (χ0n) is 46.3. The Morgan fingerprint density at radius 1 is 0.520 bits per heavy atom. The first-order valence-electron chi connectivity index (χ1n) is 27.3. The van der Waals surface area contributed by atoms with Crippen LogP contribution in [0.1, 0.15) is 140 Å². The third-order valence-corrected chi connectivity index (χ3v) is 17.0. The second kappa shape index (κ2) is 16.1. The lowest BCUT2D eigenvalue weighted by Gasteiger charge is -2.46. The van der Waals surface area contributed by atoms with Gasteiger partial charge in [-0.3, -0.25) is 4.57 Å². The zero-order chi connectivity index (χ0) is 52.3. The van der Waals surface area contributed by atoms with Gasteiger partial charge in [-0.2, -0.15) is 0 Å². The highest BCUT2D eigenvalue weighted by molar-refractivity contribution is 6.09. The molecule has 0 N–H and O–H groups in total. The number of nitrogens with zero attached hydrogens (tertiary/aromatic N) is 5. The third kappa shape index (κ3) is 7.07. The Morgan fingerprint density at radius 2 is 1.15 bits per heavy atom. The van der Waals surface area contributed by atoms with Crippen molar-refractivity contribution in [1.82, 2.24) is 9.55 Å². The van der Waals surface area contributed by atoms with Gasteiger partial charge >= 0.3 is 0 Å². The van der Waals surface area contributed by atoms with Gasteiger partial charge in [0, 0.05) is 60.1 Å². The van der Waals surface area contributed by atoms with Crippen molar-refractivity contribution in [2.45, 2.75) is 123 Å². The molecule has 75 heavy (non-hydrogen) atoms. The lowest BCUT2D eigenvalue weighted by molar-refractivity contribution is 0.482. The van der Waals surface area contributed by atoms with Crippen LogP contribution >= 0.6 is 0 Å². The predicted octanol–water partition coefficient (Wildman–Crippen LogP) is 17.5. The van der Waals surface area contributed by atoms with Gasteiger partial charge in [-0.1, -0.05) is 162 Å². The van der Waals surface area contributed by atoms with E-state index in [-0.39, 0.29) is 21.7 Å². The molecule has 9 aromatic rings. The summed E-state index contributed by atoms with van der Waals surface area (Å²) in [7, 11) is 2.24. The Kier molecular flexibility index (Phi) is 10.2. The average molecular weight is 986 g/mol. The highest BCUT2D eigenvalue weighted by atomic mass is 16.5. The number of para-hydroxylation sites is 3. The van der Waals surface area contributed by atoms with E-state index in [1.54, 1.807) is 0 Å². The van der Waals surface area contributed by atoms with Crippen molar-refractivity contribution in [3.63, 3.8) is 0 Å². The Balaban J connectivity index is 1.03. The van der Waals surface area contributed by atoms with Gasteiger partial charge < -0.3 is 19.4 Å². The number of aryl methyl sites for hydroxylation is 1. The number of anilines is 5. The lowest BCUT2D eigenvalue weighted by Crippen LogP contribution is -2.40. The highest BCUT2D eigenvalue weighted by Gasteiger charge is 2.57.